The predicted octanol–water partition coefficient (Wildman–Crippen LogP) is 1.97. The fourth-order valence-corrected chi connectivity index (χ4v) is 3.65. The van der Waals surface area contributed by atoms with Gasteiger partial charge in [-0.2, -0.15) is 11.8 Å². The van der Waals surface area contributed by atoms with E-state index in [1.807, 2.05) is 4.90 Å². The standard InChI is InChI=1S/C14H16N2O3S/c1-19-12-4-2-10(3-5-12)16-13(17)8-11-9-20-7-6-15(11)14(16)18/h2-5,11H,6-9H2,1H3. The maximum absolute atomic E-state index is 12.5. The smallest absolute Gasteiger partial charge is 0.331 e. The molecule has 1 atom stereocenters. The molecule has 5 nitrogen and oxygen atoms in total. The molecule has 2 aliphatic heterocycles. The zero-order chi connectivity index (χ0) is 14.1. The van der Waals surface area contributed by atoms with Crippen LogP contribution in [-0.2, 0) is 4.79 Å². The van der Waals surface area contributed by atoms with Crippen LogP contribution in [0.2, 0.25) is 0 Å². The van der Waals surface area contributed by atoms with Gasteiger partial charge >= 0.3 is 6.03 Å². The van der Waals surface area contributed by atoms with E-state index in [-0.39, 0.29) is 18.0 Å². The number of anilines is 1. The van der Waals surface area contributed by atoms with Crippen molar-refractivity contribution in [1.29, 1.82) is 0 Å². The highest BCUT2D eigenvalue weighted by Gasteiger charge is 2.40. The lowest BCUT2D eigenvalue weighted by Crippen LogP contribution is -2.59. The summed E-state index contributed by atoms with van der Waals surface area (Å²) in [4.78, 5) is 27.9. The summed E-state index contributed by atoms with van der Waals surface area (Å²) in [5.41, 5.74) is 0.609. The number of carbonyl (C=O) groups is 2. The number of benzene rings is 1. The summed E-state index contributed by atoms with van der Waals surface area (Å²) in [7, 11) is 1.59. The highest BCUT2D eigenvalue weighted by Crippen LogP contribution is 2.29. The van der Waals surface area contributed by atoms with Gasteiger partial charge in [0, 0.05) is 24.5 Å². The van der Waals surface area contributed by atoms with Gasteiger partial charge in [-0.1, -0.05) is 0 Å². The summed E-state index contributed by atoms with van der Waals surface area (Å²) in [6.07, 6.45) is 0.408. The van der Waals surface area contributed by atoms with Gasteiger partial charge < -0.3 is 9.64 Å². The largest absolute Gasteiger partial charge is 0.497 e. The number of imide groups is 1. The molecule has 2 fully saturated rings. The molecule has 1 unspecified atom stereocenters. The number of hydrogen-bond donors (Lipinski definition) is 0. The number of carbonyl (C=O) groups excluding carboxylic acids is 2. The third-order valence-corrected chi connectivity index (χ3v) is 4.75. The molecule has 1 aromatic carbocycles. The van der Waals surface area contributed by atoms with Gasteiger partial charge in [-0.3, -0.25) is 4.79 Å². The molecule has 2 saturated heterocycles. The molecule has 3 amide bonds. The van der Waals surface area contributed by atoms with Gasteiger partial charge in [-0.25, -0.2) is 9.69 Å². The number of nitrogens with zero attached hydrogens (tertiary/aromatic N) is 2. The number of methoxy groups -OCH3 is 1. The van der Waals surface area contributed by atoms with Crippen LogP contribution >= 0.6 is 11.8 Å². The summed E-state index contributed by atoms with van der Waals surface area (Å²) >= 11 is 1.81. The van der Waals surface area contributed by atoms with Crippen LogP contribution in [0, 0.1) is 0 Å². The van der Waals surface area contributed by atoms with Crippen molar-refractivity contribution in [2.45, 2.75) is 12.5 Å². The Kier molecular flexibility index (Phi) is 3.56. The van der Waals surface area contributed by atoms with Crippen molar-refractivity contribution in [1.82, 2.24) is 4.90 Å². The molecule has 0 aromatic heterocycles. The van der Waals surface area contributed by atoms with Crippen LogP contribution in [0.3, 0.4) is 0 Å². The van der Waals surface area contributed by atoms with Crippen molar-refractivity contribution in [3.63, 3.8) is 0 Å². The molecular weight excluding hydrogens is 276 g/mol. The van der Waals surface area contributed by atoms with E-state index >= 15 is 0 Å². The molecule has 20 heavy (non-hydrogen) atoms. The van der Waals surface area contributed by atoms with Crippen molar-refractivity contribution < 1.29 is 14.3 Å². The van der Waals surface area contributed by atoms with Crippen LogP contribution in [-0.4, -0.2) is 48.0 Å². The molecule has 0 spiro atoms. The summed E-state index contributed by atoms with van der Waals surface area (Å²) in [5.74, 6) is 2.38. The Morgan fingerprint density at radius 2 is 2.00 bits per heavy atom. The van der Waals surface area contributed by atoms with E-state index in [2.05, 4.69) is 0 Å². The SMILES string of the molecule is COc1ccc(N2C(=O)CC3CSCCN3C2=O)cc1. The molecule has 1 aromatic rings. The lowest BCUT2D eigenvalue weighted by atomic mass is 10.1. The Hall–Kier alpha value is -1.69. The quantitative estimate of drug-likeness (QED) is 0.836. The molecule has 6 heteroatoms. The second-order valence-electron chi connectivity index (χ2n) is 4.84. The van der Waals surface area contributed by atoms with Gasteiger partial charge in [0.15, 0.2) is 0 Å². The number of hydrogen-bond acceptors (Lipinski definition) is 4. The summed E-state index contributed by atoms with van der Waals surface area (Å²) in [6, 6.07) is 6.86. The lowest BCUT2D eigenvalue weighted by molar-refractivity contribution is -0.120. The van der Waals surface area contributed by atoms with Crippen molar-refractivity contribution in [3.05, 3.63) is 24.3 Å². The second kappa shape index (κ2) is 5.36. The Labute approximate surface area is 121 Å². The highest BCUT2D eigenvalue weighted by atomic mass is 32.2. The van der Waals surface area contributed by atoms with Gasteiger partial charge in [-0.15, -0.1) is 0 Å². The van der Waals surface area contributed by atoms with Crippen molar-refractivity contribution in [2.24, 2.45) is 0 Å². The highest BCUT2D eigenvalue weighted by molar-refractivity contribution is 7.99. The molecule has 0 bridgehead atoms. The number of ether oxygens (including phenoxy) is 1. The van der Waals surface area contributed by atoms with E-state index < -0.39 is 0 Å². The number of urea groups is 1. The van der Waals surface area contributed by atoms with Crippen LogP contribution in [0.5, 0.6) is 5.75 Å². The minimum absolute atomic E-state index is 0.0586. The van der Waals surface area contributed by atoms with E-state index in [1.54, 1.807) is 43.1 Å². The summed E-state index contributed by atoms with van der Waals surface area (Å²) in [6.45, 7) is 0.716. The van der Waals surface area contributed by atoms with Crippen molar-refractivity contribution >= 4 is 29.4 Å². The summed E-state index contributed by atoms with van der Waals surface area (Å²) in [5, 5.41) is 0. The molecule has 2 heterocycles. The van der Waals surface area contributed by atoms with E-state index in [0.717, 1.165) is 11.5 Å². The van der Waals surface area contributed by atoms with Crippen molar-refractivity contribution in [2.75, 3.05) is 30.1 Å². The minimum atomic E-state index is -0.197. The van der Waals surface area contributed by atoms with Crippen LogP contribution in [0.25, 0.3) is 0 Å². The molecule has 0 aliphatic carbocycles. The third-order valence-electron chi connectivity index (χ3n) is 3.65. The number of thioether (sulfide) groups is 1. The van der Waals surface area contributed by atoms with Gasteiger partial charge in [0.25, 0.3) is 0 Å². The van der Waals surface area contributed by atoms with Gasteiger partial charge in [0.05, 0.1) is 18.8 Å². The second-order valence-corrected chi connectivity index (χ2v) is 5.99. The topological polar surface area (TPSA) is 49.9 Å². The van der Waals surface area contributed by atoms with Crippen LogP contribution in [0.1, 0.15) is 6.42 Å². The van der Waals surface area contributed by atoms with E-state index in [4.69, 9.17) is 4.74 Å². The van der Waals surface area contributed by atoms with Gasteiger partial charge in [0.1, 0.15) is 5.75 Å². The van der Waals surface area contributed by atoms with Crippen LogP contribution in [0.15, 0.2) is 24.3 Å². The first kappa shape index (κ1) is 13.3. The zero-order valence-electron chi connectivity index (χ0n) is 11.2. The first-order valence-electron chi connectivity index (χ1n) is 6.56. The molecule has 106 valence electrons. The van der Waals surface area contributed by atoms with E-state index in [1.165, 1.54) is 4.90 Å². The van der Waals surface area contributed by atoms with Crippen LogP contribution in [0.4, 0.5) is 10.5 Å². The monoisotopic (exact) mass is 292 g/mol. The Morgan fingerprint density at radius 3 is 2.70 bits per heavy atom. The Bertz CT molecular complexity index is 532. The zero-order valence-corrected chi connectivity index (χ0v) is 12.1. The molecule has 0 N–H and O–H groups in total. The van der Waals surface area contributed by atoms with Crippen LogP contribution < -0.4 is 9.64 Å². The lowest BCUT2D eigenvalue weighted by Gasteiger charge is -2.42. The number of amides is 3. The Balaban J connectivity index is 1.87. The Morgan fingerprint density at radius 1 is 1.25 bits per heavy atom. The third kappa shape index (κ3) is 2.24. The fraction of sp³-hybridized carbons (Fsp3) is 0.429. The van der Waals surface area contributed by atoms with E-state index in [9.17, 15) is 9.59 Å². The molecule has 0 saturated carbocycles. The molecular formula is C14H16N2O3S. The summed E-state index contributed by atoms with van der Waals surface area (Å²) < 4.78 is 5.09. The average molecular weight is 292 g/mol. The number of rotatable bonds is 2. The fourth-order valence-electron chi connectivity index (χ4n) is 2.59. The van der Waals surface area contributed by atoms with Gasteiger partial charge in [0.2, 0.25) is 5.91 Å². The normalized spacial score (nSPS) is 22.8. The predicted molar refractivity (Wildman–Crippen MR) is 78.3 cm³/mol. The minimum Gasteiger partial charge on any atom is -0.497 e. The first-order valence-corrected chi connectivity index (χ1v) is 7.71. The molecule has 2 aliphatic rings. The molecule has 0 radical (unpaired) electrons. The van der Waals surface area contributed by atoms with E-state index in [0.29, 0.717) is 24.4 Å². The maximum Gasteiger partial charge on any atom is 0.331 e. The molecule has 3 rings (SSSR count). The maximum atomic E-state index is 12.5. The van der Waals surface area contributed by atoms with Gasteiger partial charge in [-0.05, 0) is 24.3 Å². The number of fused-ring (bicyclic) bond motifs is 1. The average Bonchev–Trinajstić information content (AvgIpc) is 2.48. The first-order chi connectivity index (χ1) is 9.70. The van der Waals surface area contributed by atoms with Crippen molar-refractivity contribution in [3.8, 4) is 5.75 Å².